The maximum atomic E-state index is 6.12. The monoisotopic (exact) mass is 233 g/mol. The topological polar surface area (TPSA) is 55.3 Å². The second kappa shape index (κ2) is 6.03. The highest BCUT2D eigenvalue weighted by Gasteiger charge is 2.12. The molecule has 0 spiro atoms. The highest BCUT2D eigenvalue weighted by atomic mass is 15.1. The summed E-state index contributed by atoms with van der Waals surface area (Å²) in [6, 6.07) is 8.85. The molecule has 1 heterocycles. The lowest BCUT2D eigenvalue weighted by molar-refractivity contribution is 0.618. The third-order valence-corrected chi connectivity index (χ3v) is 3.51. The average Bonchev–Trinajstić information content (AvgIpc) is 2.90. The summed E-state index contributed by atoms with van der Waals surface area (Å²) in [6.07, 6.45) is 4.60. The van der Waals surface area contributed by atoms with E-state index in [4.69, 9.17) is 11.5 Å². The second-order valence-electron chi connectivity index (χ2n) is 4.82. The van der Waals surface area contributed by atoms with Gasteiger partial charge in [0.2, 0.25) is 0 Å². The van der Waals surface area contributed by atoms with Crippen molar-refractivity contribution < 1.29 is 0 Å². The van der Waals surface area contributed by atoms with Crippen LogP contribution in [0.5, 0.6) is 0 Å². The minimum absolute atomic E-state index is 0.131. The summed E-state index contributed by atoms with van der Waals surface area (Å²) in [5.41, 5.74) is 14.2. The number of nitrogens with two attached hydrogens (primary N) is 2. The fourth-order valence-electron chi connectivity index (χ4n) is 2.41. The lowest BCUT2D eigenvalue weighted by atomic mass is 10.0. The van der Waals surface area contributed by atoms with Crippen molar-refractivity contribution >= 4 is 5.69 Å². The quantitative estimate of drug-likeness (QED) is 0.818. The molecule has 0 radical (unpaired) electrons. The minimum atomic E-state index is 0.131. The molecule has 0 aromatic heterocycles. The fraction of sp³-hybridized carbons (Fsp3) is 0.571. The van der Waals surface area contributed by atoms with Gasteiger partial charge in [0.05, 0.1) is 0 Å². The van der Waals surface area contributed by atoms with Crippen LogP contribution in [0.15, 0.2) is 24.3 Å². The second-order valence-corrected chi connectivity index (χ2v) is 4.82. The van der Waals surface area contributed by atoms with Gasteiger partial charge in [-0.05, 0) is 49.9 Å². The van der Waals surface area contributed by atoms with E-state index in [0.29, 0.717) is 0 Å². The fourth-order valence-corrected chi connectivity index (χ4v) is 2.41. The van der Waals surface area contributed by atoms with Gasteiger partial charge in [-0.15, -0.1) is 0 Å². The summed E-state index contributed by atoms with van der Waals surface area (Å²) in [5, 5.41) is 0. The van der Waals surface area contributed by atoms with Gasteiger partial charge in [0.1, 0.15) is 0 Å². The van der Waals surface area contributed by atoms with Gasteiger partial charge >= 0.3 is 0 Å². The third kappa shape index (κ3) is 3.20. The molecule has 1 fully saturated rings. The predicted octanol–water partition coefficient (Wildman–Crippen LogP) is 2.03. The number of hydrogen-bond acceptors (Lipinski definition) is 3. The average molecular weight is 233 g/mol. The standard InChI is InChI=1S/C14H23N3/c15-9-3-4-14(16)12-5-7-13(8-6-12)17-10-1-2-11-17/h5-8,14H,1-4,9-11,15-16H2/t14-/m1/s1. The van der Waals surface area contributed by atoms with Crippen LogP contribution in [0.2, 0.25) is 0 Å². The number of anilines is 1. The first-order valence-electron chi connectivity index (χ1n) is 6.62. The zero-order valence-corrected chi connectivity index (χ0v) is 10.4. The Morgan fingerprint density at radius 2 is 1.76 bits per heavy atom. The van der Waals surface area contributed by atoms with Gasteiger partial charge in [0.15, 0.2) is 0 Å². The smallest absolute Gasteiger partial charge is 0.0366 e. The minimum Gasteiger partial charge on any atom is -0.372 e. The van der Waals surface area contributed by atoms with Crippen molar-refractivity contribution in [1.82, 2.24) is 0 Å². The maximum absolute atomic E-state index is 6.12. The number of benzene rings is 1. The molecule has 0 saturated carbocycles. The first-order chi connectivity index (χ1) is 8.31. The Kier molecular flexibility index (Phi) is 4.40. The van der Waals surface area contributed by atoms with E-state index in [2.05, 4.69) is 29.2 Å². The Hall–Kier alpha value is -1.06. The van der Waals surface area contributed by atoms with Crippen molar-refractivity contribution in [2.75, 3.05) is 24.5 Å². The van der Waals surface area contributed by atoms with Crippen molar-refractivity contribution in [1.29, 1.82) is 0 Å². The Morgan fingerprint density at radius 1 is 1.12 bits per heavy atom. The van der Waals surface area contributed by atoms with Crippen molar-refractivity contribution in [3.05, 3.63) is 29.8 Å². The lowest BCUT2D eigenvalue weighted by Crippen LogP contribution is -2.18. The van der Waals surface area contributed by atoms with E-state index in [0.717, 1.165) is 19.4 Å². The van der Waals surface area contributed by atoms with Gasteiger partial charge < -0.3 is 16.4 Å². The Balaban J connectivity index is 1.96. The summed E-state index contributed by atoms with van der Waals surface area (Å²) in [4.78, 5) is 2.44. The number of hydrogen-bond donors (Lipinski definition) is 2. The van der Waals surface area contributed by atoms with Crippen LogP contribution in [0.3, 0.4) is 0 Å². The molecular formula is C14H23N3. The zero-order chi connectivity index (χ0) is 12.1. The summed E-state index contributed by atoms with van der Waals surface area (Å²) >= 11 is 0. The Bertz CT molecular complexity index is 328. The molecule has 3 nitrogen and oxygen atoms in total. The SMILES string of the molecule is NCCC[C@@H](N)c1ccc(N2CCCC2)cc1. The van der Waals surface area contributed by atoms with E-state index in [-0.39, 0.29) is 6.04 Å². The first-order valence-corrected chi connectivity index (χ1v) is 6.62. The van der Waals surface area contributed by atoms with Gasteiger partial charge in [-0.25, -0.2) is 0 Å². The molecule has 0 amide bonds. The van der Waals surface area contributed by atoms with Crippen LogP contribution in [0.4, 0.5) is 5.69 Å². The summed E-state index contributed by atoms with van der Waals surface area (Å²) in [6.45, 7) is 3.11. The van der Waals surface area contributed by atoms with Crippen LogP contribution in [0.25, 0.3) is 0 Å². The maximum Gasteiger partial charge on any atom is 0.0366 e. The van der Waals surface area contributed by atoms with Crippen molar-refractivity contribution in [2.24, 2.45) is 11.5 Å². The summed E-state index contributed by atoms with van der Waals surface area (Å²) in [5.74, 6) is 0. The van der Waals surface area contributed by atoms with E-state index in [1.54, 1.807) is 0 Å². The molecule has 1 aliphatic heterocycles. The number of rotatable bonds is 5. The van der Waals surface area contributed by atoms with E-state index >= 15 is 0 Å². The largest absolute Gasteiger partial charge is 0.372 e. The highest BCUT2D eigenvalue weighted by molar-refractivity contribution is 5.48. The molecule has 94 valence electrons. The normalized spacial score (nSPS) is 17.4. The van der Waals surface area contributed by atoms with E-state index in [1.807, 2.05) is 0 Å². The third-order valence-electron chi connectivity index (χ3n) is 3.51. The van der Waals surface area contributed by atoms with Gasteiger partial charge in [0, 0.05) is 24.8 Å². The van der Waals surface area contributed by atoms with Crippen LogP contribution < -0.4 is 16.4 Å². The van der Waals surface area contributed by atoms with Gasteiger partial charge in [-0.1, -0.05) is 12.1 Å². The van der Waals surface area contributed by atoms with E-state index in [1.165, 1.54) is 37.2 Å². The van der Waals surface area contributed by atoms with Crippen LogP contribution in [-0.2, 0) is 0 Å². The van der Waals surface area contributed by atoms with Crippen LogP contribution in [0, 0.1) is 0 Å². The van der Waals surface area contributed by atoms with E-state index < -0.39 is 0 Å². The molecule has 17 heavy (non-hydrogen) atoms. The molecule has 0 bridgehead atoms. The van der Waals surface area contributed by atoms with Crippen molar-refractivity contribution in [3.8, 4) is 0 Å². The molecule has 2 rings (SSSR count). The molecule has 1 atom stereocenters. The van der Waals surface area contributed by atoms with Crippen molar-refractivity contribution in [2.45, 2.75) is 31.7 Å². The molecule has 1 aromatic carbocycles. The molecule has 1 saturated heterocycles. The molecular weight excluding hydrogens is 210 g/mol. The zero-order valence-electron chi connectivity index (χ0n) is 10.4. The summed E-state index contributed by atoms with van der Waals surface area (Å²) in [7, 11) is 0. The van der Waals surface area contributed by atoms with Crippen molar-refractivity contribution in [3.63, 3.8) is 0 Å². The van der Waals surface area contributed by atoms with Gasteiger partial charge in [0.25, 0.3) is 0 Å². The summed E-state index contributed by atoms with van der Waals surface area (Å²) < 4.78 is 0. The molecule has 3 heteroatoms. The Morgan fingerprint density at radius 3 is 2.35 bits per heavy atom. The number of nitrogens with zero attached hydrogens (tertiary/aromatic N) is 1. The molecule has 1 aromatic rings. The molecule has 0 unspecified atom stereocenters. The molecule has 4 N–H and O–H groups in total. The molecule has 0 aliphatic carbocycles. The van der Waals surface area contributed by atoms with Crippen LogP contribution in [-0.4, -0.2) is 19.6 Å². The Labute approximate surface area is 104 Å². The highest BCUT2D eigenvalue weighted by Crippen LogP contribution is 2.23. The van der Waals surface area contributed by atoms with Gasteiger partial charge in [-0.3, -0.25) is 0 Å². The predicted molar refractivity (Wildman–Crippen MR) is 73.1 cm³/mol. The molecule has 1 aliphatic rings. The van der Waals surface area contributed by atoms with Gasteiger partial charge in [-0.2, -0.15) is 0 Å². The van der Waals surface area contributed by atoms with E-state index in [9.17, 15) is 0 Å². The van der Waals surface area contributed by atoms with Crippen LogP contribution in [0.1, 0.15) is 37.3 Å². The first kappa shape index (κ1) is 12.4. The lowest BCUT2D eigenvalue weighted by Gasteiger charge is -2.19. The van der Waals surface area contributed by atoms with Crippen LogP contribution >= 0.6 is 0 Å².